The third-order valence-electron chi connectivity index (χ3n) is 5.47. The van der Waals surface area contributed by atoms with Gasteiger partial charge in [-0.25, -0.2) is 0 Å². The van der Waals surface area contributed by atoms with Gasteiger partial charge in [-0.3, -0.25) is 9.97 Å². The van der Waals surface area contributed by atoms with Gasteiger partial charge < -0.3 is 9.68 Å². The molecule has 0 saturated carbocycles. The molecule has 2 heterocycles. The number of oxime groups is 2. The standard InChI is InChI=1S/C23H28N4O2/c1-16-11-12-17-6-4-10-21(22(17)24-16)27-29-15-5-8-19-14-13-18-7-3-9-20(26-28-2)23(18)25-19/h11-14H,3-10,15H2,1-2H3. The van der Waals surface area contributed by atoms with Gasteiger partial charge in [-0.05, 0) is 81.5 Å². The topological polar surface area (TPSA) is 69.0 Å². The Hall–Kier alpha value is -2.76. The summed E-state index contributed by atoms with van der Waals surface area (Å²) in [4.78, 5) is 20.1. The second-order valence-corrected chi connectivity index (χ2v) is 7.67. The van der Waals surface area contributed by atoms with Gasteiger partial charge >= 0.3 is 0 Å². The molecule has 0 bridgehead atoms. The molecule has 152 valence electrons. The maximum atomic E-state index is 5.64. The normalized spacial score (nSPS) is 18.4. The maximum absolute atomic E-state index is 5.64. The molecule has 0 amide bonds. The number of hydrogen-bond donors (Lipinski definition) is 0. The van der Waals surface area contributed by atoms with E-state index >= 15 is 0 Å². The number of aromatic nitrogens is 2. The molecule has 6 heteroatoms. The van der Waals surface area contributed by atoms with Crippen molar-refractivity contribution in [1.82, 2.24) is 9.97 Å². The van der Waals surface area contributed by atoms with Crippen LogP contribution in [0.4, 0.5) is 0 Å². The lowest BCUT2D eigenvalue weighted by atomic mass is 9.94. The van der Waals surface area contributed by atoms with Gasteiger partial charge in [0.1, 0.15) is 25.1 Å². The first-order valence-corrected chi connectivity index (χ1v) is 10.5. The minimum atomic E-state index is 0.572. The third kappa shape index (κ3) is 4.63. The van der Waals surface area contributed by atoms with Crippen LogP contribution in [0.15, 0.2) is 34.6 Å². The Morgan fingerprint density at radius 1 is 0.862 bits per heavy atom. The number of aryl methyl sites for hydroxylation is 4. The Morgan fingerprint density at radius 2 is 1.55 bits per heavy atom. The van der Waals surface area contributed by atoms with Crippen molar-refractivity contribution in [2.75, 3.05) is 13.7 Å². The Balaban J connectivity index is 1.34. The Morgan fingerprint density at radius 3 is 2.31 bits per heavy atom. The van der Waals surface area contributed by atoms with Crippen LogP contribution >= 0.6 is 0 Å². The lowest BCUT2D eigenvalue weighted by Gasteiger charge is -2.17. The largest absolute Gasteiger partial charge is 0.399 e. The predicted molar refractivity (Wildman–Crippen MR) is 113 cm³/mol. The molecule has 0 saturated heterocycles. The lowest BCUT2D eigenvalue weighted by Crippen LogP contribution is -2.16. The monoisotopic (exact) mass is 392 g/mol. The first-order valence-electron chi connectivity index (χ1n) is 10.5. The van der Waals surface area contributed by atoms with Gasteiger partial charge in [-0.1, -0.05) is 22.4 Å². The molecule has 2 aliphatic rings. The molecule has 4 rings (SSSR count). The second kappa shape index (κ2) is 9.16. The molecule has 0 spiro atoms. The third-order valence-corrected chi connectivity index (χ3v) is 5.47. The van der Waals surface area contributed by atoms with Crippen molar-refractivity contribution in [2.24, 2.45) is 10.3 Å². The molecule has 2 aliphatic carbocycles. The molecule has 0 radical (unpaired) electrons. The number of hydrogen-bond acceptors (Lipinski definition) is 6. The van der Waals surface area contributed by atoms with Gasteiger partial charge in [-0.2, -0.15) is 0 Å². The molecule has 0 aromatic carbocycles. The highest BCUT2D eigenvalue weighted by molar-refractivity contribution is 6.01. The highest BCUT2D eigenvalue weighted by atomic mass is 16.6. The van der Waals surface area contributed by atoms with E-state index in [9.17, 15) is 0 Å². The van der Waals surface area contributed by atoms with Gasteiger partial charge in [0.25, 0.3) is 0 Å². The van der Waals surface area contributed by atoms with Crippen LogP contribution < -0.4 is 0 Å². The van der Waals surface area contributed by atoms with Crippen LogP contribution in [0.3, 0.4) is 0 Å². The van der Waals surface area contributed by atoms with Crippen molar-refractivity contribution in [2.45, 2.75) is 58.3 Å². The number of nitrogens with zero attached hydrogens (tertiary/aromatic N) is 4. The molecule has 6 nitrogen and oxygen atoms in total. The number of fused-ring (bicyclic) bond motifs is 2. The van der Waals surface area contributed by atoms with Crippen LogP contribution in [0.5, 0.6) is 0 Å². The van der Waals surface area contributed by atoms with E-state index in [0.29, 0.717) is 6.61 Å². The van der Waals surface area contributed by atoms with Gasteiger partial charge in [0.2, 0.25) is 0 Å². The van der Waals surface area contributed by atoms with Crippen molar-refractivity contribution in [3.63, 3.8) is 0 Å². The van der Waals surface area contributed by atoms with Gasteiger partial charge in [0, 0.05) is 11.4 Å². The molecular weight excluding hydrogens is 364 g/mol. The van der Waals surface area contributed by atoms with Crippen molar-refractivity contribution >= 4 is 11.4 Å². The van der Waals surface area contributed by atoms with Crippen molar-refractivity contribution in [1.29, 1.82) is 0 Å². The summed E-state index contributed by atoms with van der Waals surface area (Å²) in [6.07, 6.45) is 7.90. The molecule has 2 aromatic rings. The molecule has 0 fully saturated rings. The zero-order valence-electron chi connectivity index (χ0n) is 17.3. The molecule has 29 heavy (non-hydrogen) atoms. The molecule has 2 aromatic heterocycles. The van der Waals surface area contributed by atoms with E-state index in [-0.39, 0.29) is 0 Å². The fraction of sp³-hybridized carbons (Fsp3) is 0.478. The van der Waals surface area contributed by atoms with E-state index in [0.717, 1.165) is 85.6 Å². The van der Waals surface area contributed by atoms with Gasteiger partial charge in [-0.15, -0.1) is 0 Å². The average molecular weight is 393 g/mol. The quantitative estimate of drug-likeness (QED) is 0.547. The van der Waals surface area contributed by atoms with Crippen LogP contribution in [0.1, 0.15) is 66.0 Å². The van der Waals surface area contributed by atoms with Crippen LogP contribution in [0.25, 0.3) is 0 Å². The van der Waals surface area contributed by atoms with Crippen LogP contribution in [-0.2, 0) is 28.9 Å². The highest BCUT2D eigenvalue weighted by Gasteiger charge is 2.19. The first kappa shape index (κ1) is 19.6. The smallest absolute Gasteiger partial charge is 0.117 e. The zero-order chi connectivity index (χ0) is 20.1. The van der Waals surface area contributed by atoms with Gasteiger partial charge in [0.05, 0.1) is 11.4 Å². The summed E-state index contributed by atoms with van der Waals surface area (Å²) < 4.78 is 0. The highest BCUT2D eigenvalue weighted by Crippen LogP contribution is 2.22. The van der Waals surface area contributed by atoms with Gasteiger partial charge in [0.15, 0.2) is 0 Å². The molecule has 0 N–H and O–H groups in total. The van der Waals surface area contributed by atoms with E-state index < -0.39 is 0 Å². The van der Waals surface area contributed by atoms with Crippen molar-refractivity contribution in [3.05, 3.63) is 58.2 Å². The molecule has 0 aliphatic heterocycles. The van der Waals surface area contributed by atoms with E-state index in [1.807, 2.05) is 6.92 Å². The second-order valence-electron chi connectivity index (χ2n) is 7.67. The minimum Gasteiger partial charge on any atom is -0.399 e. The summed E-state index contributed by atoms with van der Waals surface area (Å²) in [5.74, 6) is 0. The molecule has 0 unspecified atom stereocenters. The summed E-state index contributed by atoms with van der Waals surface area (Å²) in [6, 6.07) is 8.52. The Kier molecular flexibility index (Phi) is 6.17. The zero-order valence-corrected chi connectivity index (χ0v) is 17.3. The summed E-state index contributed by atoms with van der Waals surface area (Å²) in [6.45, 7) is 2.59. The summed E-state index contributed by atoms with van der Waals surface area (Å²) in [7, 11) is 1.59. The predicted octanol–water partition coefficient (Wildman–Crippen LogP) is 4.16. The van der Waals surface area contributed by atoms with Crippen LogP contribution in [0.2, 0.25) is 0 Å². The lowest BCUT2D eigenvalue weighted by molar-refractivity contribution is 0.141. The Labute approximate surface area is 172 Å². The summed E-state index contributed by atoms with van der Waals surface area (Å²) in [5.41, 5.74) is 8.56. The van der Waals surface area contributed by atoms with Crippen LogP contribution in [0, 0.1) is 6.92 Å². The number of rotatable bonds is 6. The SMILES string of the molecule is CON=C1CCCc2ccc(CCCON=C3CCCc4ccc(C)nc43)nc21. The molecular formula is C23H28N4O2. The fourth-order valence-corrected chi connectivity index (χ4v) is 4.02. The maximum Gasteiger partial charge on any atom is 0.117 e. The summed E-state index contributed by atoms with van der Waals surface area (Å²) in [5, 5.41) is 8.56. The van der Waals surface area contributed by atoms with E-state index in [4.69, 9.17) is 14.7 Å². The average Bonchev–Trinajstić information content (AvgIpc) is 2.74. The van der Waals surface area contributed by atoms with E-state index in [1.54, 1.807) is 7.11 Å². The Bertz CT molecular complexity index is 936. The van der Waals surface area contributed by atoms with E-state index in [2.05, 4.69) is 39.6 Å². The fourth-order valence-electron chi connectivity index (χ4n) is 4.02. The number of pyridine rings is 2. The van der Waals surface area contributed by atoms with Crippen LogP contribution in [-0.4, -0.2) is 35.1 Å². The van der Waals surface area contributed by atoms with E-state index in [1.165, 1.54) is 11.1 Å². The molecule has 0 atom stereocenters. The first-order chi connectivity index (χ1) is 14.2. The van der Waals surface area contributed by atoms with Crippen molar-refractivity contribution in [3.8, 4) is 0 Å². The summed E-state index contributed by atoms with van der Waals surface area (Å²) >= 11 is 0. The minimum absolute atomic E-state index is 0.572. The van der Waals surface area contributed by atoms with Crippen molar-refractivity contribution < 1.29 is 9.68 Å².